The summed E-state index contributed by atoms with van der Waals surface area (Å²) in [5.41, 5.74) is -0.367. The molecule has 26 heavy (non-hydrogen) atoms. The van der Waals surface area contributed by atoms with Gasteiger partial charge in [0.15, 0.2) is 17.5 Å². The average molecular weight is 354 g/mol. The first-order chi connectivity index (χ1) is 12.6. The highest BCUT2D eigenvalue weighted by Gasteiger charge is 2.25. The summed E-state index contributed by atoms with van der Waals surface area (Å²) in [6.45, 7) is 1.14. The van der Waals surface area contributed by atoms with Gasteiger partial charge in [0.25, 0.3) is 0 Å². The van der Waals surface area contributed by atoms with Crippen molar-refractivity contribution in [3.8, 4) is 5.69 Å². The first kappa shape index (κ1) is 16.4. The van der Waals surface area contributed by atoms with Gasteiger partial charge >= 0.3 is 0 Å². The van der Waals surface area contributed by atoms with E-state index in [4.69, 9.17) is 0 Å². The fourth-order valence-electron chi connectivity index (χ4n) is 3.53. The second kappa shape index (κ2) is 6.37. The first-order valence-corrected chi connectivity index (χ1v) is 8.44. The number of nitrogens with zero attached hydrogens (tertiary/aromatic N) is 2. The van der Waals surface area contributed by atoms with Gasteiger partial charge in [0.1, 0.15) is 11.5 Å². The molecule has 1 aliphatic heterocycles. The van der Waals surface area contributed by atoms with Crippen molar-refractivity contribution in [3.05, 3.63) is 70.0 Å². The van der Waals surface area contributed by atoms with Crippen molar-refractivity contribution < 1.29 is 13.6 Å². The molecule has 1 aromatic heterocycles. The minimum Gasteiger partial charge on any atom is -0.367 e. The van der Waals surface area contributed by atoms with E-state index in [1.165, 1.54) is 10.8 Å². The zero-order valence-corrected chi connectivity index (χ0v) is 13.9. The number of para-hydroxylation sites is 1. The number of rotatable bonds is 3. The maximum absolute atomic E-state index is 15.4. The predicted molar refractivity (Wildman–Crippen MR) is 96.3 cm³/mol. The van der Waals surface area contributed by atoms with E-state index in [1.807, 2.05) is 0 Å². The molecular weight excluding hydrogens is 338 g/mol. The van der Waals surface area contributed by atoms with Crippen molar-refractivity contribution in [3.63, 3.8) is 0 Å². The van der Waals surface area contributed by atoms with Gasteiger partial charge in [-0.2, -0.15) is 0 Å². The summed E-state index contributed by atoms with van der Waals surface area (Å²) in [5.74, 6) is -1.56. The third kappa shape index (κ3) is 2.49. The van der Waals surface area contributed by atoms with Crippen LogP contribution in [0.15, 0.2) is 47.4 Å². The van der Waals surface area contributed by atoms with Crippen LogP contribution in [-0.4, -0.2) is 23.9 Å². The molecule has 1 aliphatic rings. The first-order valence-electron chi connectivity index (χ1n) is 8.44. The summed E-state index contributed by atoms with van der Waals surface area (Å²) in [7, 11) is 0. The number of benzene rings is 2. The van der Waals surface area contributed by atoms with E-state index in [-0.39, 0.29) is 22.2 Å². The number of carbonyl (C=O) groups excluding carboxylic acids is 1. The van der Waals surface area contributed by atoms with Crippen LogP contribution >= 0.6 is 0 Å². The van der Waals surface area contributed by atoms with Crippen LogP contribution < -0.4 is 10.3 Å². The monoisotopic (exact) mass is 354 g/mol. The summed E-state index contributed by atoms with van der Waals surface area (Å²) >= 11 is 0. The Labute approximate surface area is 148 Å². The molecule has 4 rings (SSSR count). The number of hydrogen-bond donors (Lipinski definition) is 0. The number of fused-ring (bicyclic) bond motifs is 1. The summed E-state index contributed by atoms with van der Waals surface area (Å²) < 4.78 is 31.5. The molecule has 0 bridgehead atoms. The van der Waals surface area contributed by atoms with Gasteiger partial charge in [-0.25, -0.2) is 8.78 Å². The van der Waals surface area contributed by atoms with E-state index in [9.17, 15) is 14.0 Å². The molecule has 3 aromatic rings. The van der Waals surface area contributed by atoms with Crippen molar-refractivity contribution in [1.29, 1.82) is 0 Å². The number of halogens is 2. The van der Waals surface area contributed by atoms with Crippen LogP contribution in [0.4, 0.5) is 14.5 Å². The smallest absolute Gasteiger partial charge is 0.200 e. The average Bonchev–Trinajstić information content (AvgIpc) is 3.17. The second-order valence-corrected chi connectivity index (χ2v) is 6.35. The zero-order chi connectivity index (χ0) is 18.3. The molecule has 0 spiro atoms. The van der Waals surface area contributed by atoms with Crippen molar-refractivity contribution >= 4 is 22.9 Å². The SMILES string of the molecule is O=Cc1cn(-c2ccccc2)c2c(F)c(N3CCCC3)c(F)cc2c1=O. The van der Waals surface area contributed by atoms with Crippen molar-refractivity contribution in [2.75, 3.05) is 18.0 Å². The van der Waals surface area contributed by atoms with E-state index in [0.29, 0.717) is 25.1 Å². The Balaban J connectivity index is 2.12. The Kier molecular flexibility index (Phi) is 4.03. The van der Waals surface area contributed by atoms with E-state index < -0.39 is 17.1 Å². The number of carbonyl (C=O) groups is 1. The molecule has 132 valence electrons. The Morgan fingerprint density at radius 1 is 1.04 bits per heavy atom. The molecule has 1 saturated heterocycles. The second-order valence-electron chi connectivity index (χ2n) is 6.35. The van der Waals surface area contributed by atoms with Gasteiger partial charge in [0.05, 0.1) is 16.5 Å². The van der Waals surface area contributed by atoms with E-state index in [1.54, 1.807) is 35.2 Å². The molecule has 0 N–H and O–H groups in total. The summed E-state index contributed by atoms with van der Waals surface area (Å²) in [5, 5.41) is -0.142. The van der Waals surface area contributed by atoms with Gasteiger partial charge in [0.2, 0.25) is 0 Å². The van der Waals surface area contributed by atoms with Crippen LogP contribution in [0.2, 0.25) is 0 Å². The molecule has 0 unspecified atom stereocenters. The third-order valence-corrected chi connectivity index (χ3v) is 4.77. The zero-order valence-electron chi connectivity index (χ0n) is 13.9. The van der Waals surface area contributed by atoms with Gasteiger partial charge in [-0.05, 0) is 31.0 Å². The van der Waals surface area contributed by atoms with Gasteiger partial charge in [-0.1, -0.05) is 18.2 Å². The number of pyridine rings is 1. The van der Waals surface area contributed by atoms with Gasteiger partial charge in [-0.15, -0.1) is 0 Å². The highest BCUT2D eigenvalue weighted by molar-refractivity contribution is 5.90. The Morgan fingerprint density at radius 2 is 1.73 bits per heavy atom. The van der Waals surface area contributed by atoms with Crippen LogP contribution in [-0.2, 0) is 0 Å². The number of anilines is 1. The van der Waals surface area contributed by atoms with Crippen LogP contribution in [0.25, 0.3) is 16.6 Å². The van der Waals surface area contributed by atoms with Gasteiger partial charge < -0.3 is 9.47 Å². The third-order valence-electron chi connectivity index (χ3n) is 4.77. The van der Waals surface area contributed by atoms with Gasteiger partial charge in [-0.3, -0.25) is 9.59 Å². The van der Waals surface area contributed by atoms with Gasteiger partial charge in [0, 0.05) is 25.0 Å². The molecule has 0 aliphatic carbocycles. The van der Waals surface area contributed by atoms with Crippen molar-refractivity contribution in [1.82, 2.24) is 4.57 Å². The molecule has 0 amide bonds. The molecule has 2 aromatic carbocycles. The number of aldehydes is 1. The largest absolute Gasteiger partial charge is 0.367 e. The molecule has 4 nitrogen and oxygen atoms in total. The lowest BCUT2D eigenvalue weighted by atomic mass is 10.1. The molecule has 0 atom stereocenters. The molecule has 2 heterocycles. The predicted octanol–water partition coefficient (Wildman–Crippen LogP) is 3.68. The van der Waals surface area contributed by atoms with Crippen LogP contribution in [0.1, 0.15) is 23.2 Å². The Morgan fingerprint density at radius 3 is 2.38 bits per heavy atom. The quantitative estimate of drug-likeness (QED) is 0.674. The minimum atomic E-state index is -0.781. The molecule has 1 fully saturated rings. The van der Waals surface area contributed by atoms with Crippen LogP contribution in [0, 0.1) is 11.6 Å². The van der Waals surface area contributed by atoms with Crippen molar-refractivity contribution in [2.24, 2.45) is 0 Å². The minimum absolute atomic E-state index is 0.0184. The topological polar surface area (TPSA) is 42.3 Å². The summed E-state index contributed by atoms with van der Waals surface area (Å²) in [4.78, 5) is 25.4. The van der Waals surface area contributed by atoms with E-state index >= 15 is 4.39 Å². The maximum atomic E-state index is 15.4. The fraction of sp³-hybridized carbons (Fsp3) is 0.200. The molecule has 6 heteroatoms. The lowest BCUT2D eigenvalue weighted by Crippen LogP contribution is -2.23. The van der Waals surface area contributed by atoms with E-state index in [0.717, 1.165) is 18.9 Å². The van der Waals surface area contributed by atoms with Crippen LogP contribution in [0.3, 0.4) is 0 Å². The molecule has 0 radical (unpaired) electrons. The summed E-state index contributed by atoms with van der Waals surface area (Å²) in [6.07, 6.45) is 3.45. The fourth-order valence-corrected chi connectivity index (χ4v) is 3.53. The maximum Gasteiger partial charge on any atom is 0.200 e. The van der Waals surface area contributed by atoms with Crippen LogP contribution in [0.5, 0.6) is 0 Å². The van der Waals surface area contributed by atoms with Crippen molar-refractivity contribution in [2.45, 2.75) is 12.8 Å². The van der Waals surface area contributed by atoms with E-state index in [2.05, 4.69) is 0 Å². The lowest BCUT2D eigenvalue weighted by molar-refractivity contribution is 0.112. The highest BCUT2D eigenvalue weighted by atomic mass is 19.1. The molecule has 0 saturated carbocycles. The standard InChI is InChI=1S/C20H16F2N2O2/c21-16-10-15-18(17(22)19(16)23-8-4-5-9-23)24(11-13(12-25)20(15)26)14-6-2-1-3-7-14/h1-3,6-7,10-12H,4-5,8-9H2. The summed E-state index contributed by atoms with van der Waals surface area (Å²) in [6, 6.07) is 9.85. The Hall–Kier alpha value is -3.02. The highest BCUT2D eigenvalue weighted by Crippen LogP contribution is 2.33. The molecular formula is C20H16F2N2O2. The lowest BCUT2D eigenvalue weighted by Gasteiger charge is -2.21. The number of aromatic nitrogens is 1. The Bertz CT molecular complexity index is 1060. The number of hydrogen-bond acceptors (Lipinski definition) is 3. The normalized spacial score (nSPS) is 14.2.